The Bertz CT molecular complexity index is 447. The molecule has 106 valence electrons. The fourth-order valence-electron chi connectivity index (χ4n) is 2.42. The first kappa shape index (κ1) is 14.1. The van der Waals surface area contributed by atoms with Crippen LogP contribution in [0.25, 0.3) is 0 Å². The first-order valence-corrected chi connectivity index (χ1v) is 7.27. The number of nitrogens with one attached hydrogen (secondary N) is 1. The molecule has 0 radical (unpaired) electrons. The minimum atomic E-state index is 0.00740. The van der Waals surface area contributed by atoms with Gasteiger partial charge in [0.2, 0.25) is 0 Å². The predicted octanol–water partition coefficient (Wildman–Crippen LogP) is 1.76. The minimum Gasteiger partial charge on any atom is -0.365 e. The average Bonchev–Trinajstić information content (AvgIpc) is 3.22. The standard InChI is InChI=1S/C14H24N4O/c1-2-3-11(6-7-15)10-17-13-14(19)18(9-8-16-13)12-4-5-12/h8-9,11-12H,2-7,10,15H2,1H3,(H,16,17). The van der Waals surface area contributed by atoms with E-state index in [1.54, 1.807) is 17.0 Å². The molecule has 1 heterocycles. The summed E-state index contributed by atoms with van der Waals surface area (Å²) in [6.07, 6.45) is 8.97. The van der Waals surface area contributed by atoms with Crippen molar-refractivity contribution in [3.63, 3.8) is 0 Å². The molecule has 1 aromatic heterocycles. The second-order valence-corrected chi connectivity index (χ2v) is 5.33. The number of hydrogen-bond donors (Lipinski definition) is 2. The number of nitrogens with zero attached hydrogens (tertiary/aromatic N) is 2. The van der Waals surface area contributed by atoms with E-state index in [1.165, 1.54) is 0 Å². The van der Waals surface area contributed by atoms with Crippen molar-refractivity contribution in [3.05, 3.63) is 22.7 Å². The van der Waals surface area contributed by atoms with Gasteiger partial charge in [0.1, 0.15) is 0 Å². The van der Waals surface area contributed by atoms with Crippen LogP contribution in [0.5, 0.6) is 0 Å². The highest BCUT2D eigenvalue weighted by Gasteiger charge is 2.25. The Morgan fingerprint density at radius 1 is 1.53 bits per heavy atom. The van der Waals surface area contributed by atoms with E-state index in [1.807, 2.05) is 0 Å². The van der Waals surface area contributed by atoms with Crippen molar-refractivity contribution < 1.29 is 0 Å². The van der Waals surface area contributed by atoms with Gasteiger partial charge in [-0.2, -0.15) is 0 Å². The fourth-order valence-corrected chi connectivity index (χ4v) is 2.42. The molecule has 5 heteroatoms. The smallest absolute Gasteiger partial charge is 0.293 e. The molecule has 0 aliphatic heterocycles. The maximum atomic E-state index is 12.2. The van der Waals surface area contributed by atoms with Crippen LogP contribution in [-0.2, 0) is 0 Å². The zero-order valence-electron chi connectivity index (χ0n) is 11.6. The normalized spacial score (nSPS) is 16.3. The summed E-state index contributed by atoms with van der Waals surface area (Å²) >= 11 is 0. The lowest BCUT2D eigenvalue weighted by Crippen LogP contribution is -2.26. The summed E-state index contributed by atoms with van der Waals surface area (Å²) in [5.41, 5.74) is 5.63. The number of anilines is 1. The van der Waals surface area contributed by atoms with Crippen LogP contribution in [0.15, 0.2) is 17.2 Å². The third-order valence-electron chi connectivity index (χ3n) is 3.64. The summed E-state index contributed by atoms with van der Waals surface area (Å²) in [5.74, 6) is 0.998. The summed E-state index contributed by atoms with van der Waals surface area (Å²) in [5, 5.41) is 3.21. The van der Waals surface area contributed by atoms with Gasteiger partial charge in [0.05, 0.1) is 0 Å². The molecule has 1 fully saturated rings. The molecule has 1 saturated carbocycles. The third-order valence-corrected chi connectivity index (χ3v) is 3.64. The Labute approximate surface area is 114 Å². The van der Waals surface area contributed by atoms with Crippen molar-refractivity contribution in [1.82, 2.24) is 9.55 Å². The van der Waals surface area contributed by atoms with Gasteiger partial charge in [-0.05, 0) is 38.1 Å². The van der Waals surface area contributed by atoms with E-state index in [0.29, 0.717) is 24.3 Å². The molecule has 1 aromatic rings. The molecule has 2 rings (SSSR count). The van der Waals surface area contributed by atoms with Crippen molar-refractivity contribution in [2.75, 3.05) is 18.4 Å². The highest BCUT2D eigenvalue weighted by atomic mass is 16.1. The molecule has 3 N–H and O–H groups in total. The molecule has 0 aromatic carbocycles. The summed E-state index contributed by atoms with van der Waals surface area (Å²) in [6, 6.07) is 0.395. The second kappa shape index (κ2) is 6.70. The van der Waals surface area contributed by atoms with Crippen LogP contribution in [0.2, 0.25) is 0 Å². The number of aromatic nitrogens is 2. The van der Waals surface area contributed by atoms with E-state index in [9.17, 15) is 4.79 Å². The van der Waals surface area contributed by atoms with Gasteiger partial charge in [0.25, 0.3) is 5.56 Å². The van der Waals surface area contributed by atoms with Crippen LogP contribution in [0.3, 0.4) is 0 Å². The largest absolute Gasteiger partial charge is 0.365 e. The van der Waals surface area contributed by atoms with Crippen molar-refractivity contribution in [1.29, 1.82) is 0 Å². The van der Waals surface area contributed by atoms with Gasteiger partial charge in [-0.1, -0.05) is 13.3 Å². The number of hydrogen-bond acceptors (Lipinski definition) is 4. The van der Waals surface area contributed by atoms with Crippen LogP contribution >= 0.6 is 0 Å². The predicted molar refractivity (Wildman–Crippen MR) is 77.3 cm³/mol. The van der Waals surface area contributed by atoms with Gasteiger partial charge in [-0.3, -0.25) is 4.79 Å². The summed E-state index contributed by atoms with van der Waals surface area (Å²) in [7, 11) is 0. The van der Waals surface area contributed by atoms with Gasteiger partial charge in [0.15, 0.2) is 5.82 Å². The molecule has 0 amide bonds. The Morgan fingerprint density at radius 2 is 2.32 bits per heavy atom. The molecular weight excluding hydrogens is 240 g/mol. The maximum Gasteiger partial charge on any atom is 0.293 e. The topological polar surface area (TPSA) is 72.9 Å². The molecule has 5 nitrogen and oxygen atoms in total. The van der Waals surface area contributed by atoms with Crippen LogP contribution in [-0.4, -0.2) is 22.6 Å². The van der Waals surface area contributed by atoms with Crippen molar-refractivity contribution in [2.45, 2.75) is 45.1 Å². The number of rotatable bonds is 8. The van der Waals surface area contributed by atoms with E-state index in [0.717, 1.165) is 38.6 Å². The molecular formula is C14H24N4O. The lowest BCUT2D eigenvalue weighted by atomic mass is 10.00. The van der Waals surface area contributed by atoms with Gasteiger partial charge in [-0.15, -0.1) is 0 Å². The van der Waals surface area contributed by atoms with Gasteiger partial charge >= 0.3 is 0 Å². The van der Waals surface area contributed by atoms with E-state index in [4.69, 9.17) is 5.73 Å². The highest BCUT2D eigenvalue weighted by Crippen LogP contribution is 2.33. The summed E-state index contributed by atoms with van der Waals surface area (Å²) in [4.78, 5) is 16.4. The Morgan fingerprint density at radius 3 is 2.95 bits per heavy atom. The second-order valence-electron chi connectivity index (χ2n) is 5.33. The summed E-state index contributed by atoms with van der Waals surface area (Å²) in [6.45, 7) is 3.65. The molecule has 1 atom stereocenters. The summed E-state index contributed by atoms with van der Waals surface area (Å²) < 4.78 is 1.80. The first-order valence-electron chi connectivity index (χ1n) is 7.27. The molecule has 1 aliphatic carbocycles. The monoisotopic (exact) mass is 264 g/mol. The van der Waals surface area contributed by atoms with Crippen molar-refractivity contribution >= 4 is 5.82 Å². The van der Waals surface area contributed by atoms with Gasteiger partial charge in [-0.25, -0.2) is 4.98 Å². The number of nitrogens with two attached hydrogens (primary N) is 1. The Balaban J connectivity index is 1.98. The van der Waals surface area contributed by atoms with Crippen LogP contribution in [0.1, 0.15) is 45.1 Å². The van der Waals surface area contributed by atoms with Crippen LogP contribution in [0.4, 0.5) is 5.82 Å². The zero-order valence-corrected chi connectivity index (χ0v) is 11.6. The van der Waals surface area contributed by atoms with E-state index in [2.05, 4.69) is 17.2 Å². The molecule has 0 bridgehead atoms. The zero-order chi connectivity index (χ0) is 13.7. The molecule has 0 spiro atoms. The van der Waals surface area contributed by atoms with Gasteiger partial charge in [0, 0.05) is 25.0 Å². The first-order chi connectivity index (χ1) is 9.26. The molecule has 1 aliphatic rings. The van der Waals surface area contributed by atoms with E-state index < -0.39 is 0 Å². The lowest BCUT2D eigenvalue weighted by molar-refractivity contribution is 0.472. The molecule has 0 saturated heterocycles. The molecule has 1 unspecified atom stereocenters. The Hall–Kier alpha value is -1.36. The van der Waals surface area contributed by atoms with E-state index in [-0.39, 0.29) is 5.56 Å². The van der Waals surface area contributed by atoms with E-state index >= 15 is 0 Å². The van der Waals surface area contributed by atoms with Crippen LogP contribution < -0.4 is 16.6 Å². The van der Waals surface area contributed by atoms with Crippen molar-refractivity contribution in [2.24, 2.45) is 11.7 Å². The quantitative estimate of drug-likeness (QED) is 0.750. The maximum absolute atomic E-state index is 12.2. The van der Waals surface area contributed by atoms with Gasteiger partial charge < -0.3 is 15.6 Å². The Kier molecular flexibility index (Phi) is 4.96. The third kappa shape index (κ3) is 3.80. The highest BCUT2D eigenvalue weighted by molar-refractivity contribution is 5.31. The van der Waals surface area contributed by atoms with Crippen LogP contribution in [0, 0.1) is 5.92 Å². The minimum absolute atomic E-state index is 0.00740. The molecule has 19 heavy (non-hydrogen) atoms. The average molecular weight is 264 g/mol. The SMILES string of the molecule is CCCC(CCN)CNc1nccn(C2CC2)c1=O. The lowest BCUT2D eigenvalue weighted by Gasteiger charge is -2.16. The fraction of sp³-hybridized carbons (Fsp3) is 0.714. The van der Waals surface area contributed by atoms with Crippen molar-refractivity contribution in [3.8, 4) is 0 Å².